The summed E-state index contributed by atoms with van der Waals surface area (Å²) < 4.78 is 0. The number of carbonyl (C=O) groups is 1. The molecule has 1 amide bonds. The molecule has 1 aromatic rings. The Morgan fingerprint density at radius 3 is 2.92 bits per heavy atom. The van der Waals surface area contributed by atoms with Gasteiger partial charge in [-0.05, 0) is 6.92 Å². The van der Waals surface area contributed by atoms with Crippen LogP contribution in [0.1, 0.15) is 16.7 Å². The van der Waals surface area contributed by atoms with Gasteiger partial charge in [0.1, 0.15) is 0 Å². The standard InChI is InChI=1S/C8H10N2O2S/c1-8(12)4-10(5-8)7(11)6-9-2-3-13-6/h2-3,12H,4-5H2,1H3. The van der Waals surface area contributed by atoms with Gasteiger partial charge in [-0.3, -0.25) is 4.79 Å². The highest BCUT2D eigenvalue weighted by atomic mass is 32.1. The van der Waals surface area contributed by atoms with Crippen molar-refractivity contribution < 1.29 is 9.90 Å². The predicted octanol–water partition coefficient (Wildman–Crippen LogP) is 0.350. The van der Waals surface area contributed by atoms with E-state index in [1.165, 1.54) is 11.3 Å². The second-order valence-corrected chi connectivity index (χ2v) is 4.39. The van der Waals surface area contributed by atoms with Crippen molar-refractivity contribution in [1.29, 1.82) is 0 Å². The Labute approximate surface area is 79.8 Å². The third-order valence-corrected chi connectivity index (χ3v) is 2.73. The van der Waals surface area contributed by atoms with Crippen LogP contribution in [-0.4, -0.2) is 39.6 Å². The first-order chi connectivity index (χ1) is 6.08. The van der Waals surface area contributed by atoms with Gasteiger partial charge in [-0.25, -0.2) is 4.98 Å². The highest BCUT2D eigenvalue weighted by Crippen LogP contribution is 2.22. The number of hydrogen-bond acceptors (Lipinski definition) is 4. The summed E-state index contributed by atoms with van der Waals surface area (Å²) in [6.45, 7) is 2.54. The quantitative estimate of drug-likeness (QED) is 0.708. The highest BCUT2D eigenvalue weighted by Gasteiger charge is 2.40. The molecule has 1 fully saturated rings. The molecule has 1 aliphatic heterocycles. The van der Waals surface area contributed by atoms with E-state index in [2.05, 4.69) is 4.98 Å². The number of β-amino-alcohol motifs (C(OH)–C–C–N with tert-alkyl or cyclic N) is 1. The average molecular weight is 198 g/mol. The Balaban J connectivity index is 2.02. The minimum absolute atomic E-state index is 0.0819. The van der Waals surface area contributed by atoms with Gasteiger partial charge in [0.2, 0.25) is 0 Å². The summed E-state index contributed by atoms with van der Waals surface area (Å²) in [5.74, 6) is -0.0819. The van der Waals surface area contributed by atoms with Crippen LogP contribution in [0, 0.1) is 0 Å². The lowest BCUT2D eigenvalue weighted by molar-refractivity contribution is -0.0668. The molecule has 0 unspecified atom stereocenters. The van der Waals surface area contributed by atoms with Crippen molar-refractivity contribution in [1.82, 2.24) is 9.88 Å². The third kappa shape index (κ3) is 1.57. The Kier molecular flexibility index (Phi) is 1.85. The minimum Gasteiger partial charge on any atom is -0.386 e. The molecule has 70 valence electrons. The van der Waals surface area contributed by atoms with Crippen LogP contribution in [0.5, 0.6) is 0 Å². The van der Waals surface area contributed by atoms with Gasteiger partial charge in [0.15, 0.2) is 5.01 Å². The first-order valence-electron chi connectivity index (χ1n) is 4.00. The SMILES string of the molecule is CC1(O)CN(C(=O)c2nccs2)C1. The molecule has 2 heterocycles. The van der Waals surface area contributed by atoms with Crippen LogP contribution in [0.15, 0.2) is 11.6 Å². The molecule has 5 heteroatoms. The van der Waals surface area contributed by atoms with Crippen LogP contribution in [0.4, 0.5) is 0 Å². The van der Waals surface area contributed by atoms with Crippen molar-refractivity contribution in [2.24, 2.45) is 0 Å². The Morgan fingerprint density at radius 1 is 1.77 bits per heavy atom. The molecule has 1 aliphatic rings. The summed E-state index contributed by atoms with van der Waals surface area (Å²) in [5.41, 5.74) is -0.701. The molecule has 0 radical (unpaired) electrons. The normalized spacial score (nSPS) is 19.7. The summed E-state index contributed by atoms with van der Waals surface area (Å²) in [6, 6.07) is 0. The minimum atomic E-state index is -0.701. The maximum Gasteiger partial charge on any atom is 0.283 e. The van der Waals surface area contributed by atoms with E-state index in [1.807, 2.05) is 0 Å². The molecule has 13 heavy (non-hydrogen) atoms. The largest absolute Gasteiger partial charge is 0.386 e. The van der Waals surface area contributed by atoms with E-state index in [9.17, 15) is 9.90 Å². The number of likely N-dealkylation sites (tertiary alicyclic amines) is 1. The number of carbonyl (C=O) groups excluding carboxylic acids is 1. The number of aromatic nitrogens is 1. The molecule has 1 saturated heterocycles. The van der Waals surface area contributed by atoms with Crippen molar-refractivity contribution in [2.45, 2.75) is 12.5 Å². The number of amides is 1. The molecule has 1 N–H and O–H groups in total. The zero-order chi connectivity index (χ0) is 9.47. The second-order valence-electron chi connectivity index (χ2n) is 3.50. The van der Waals surface area contributed by atoms with Crippen LogP contribution in [0.25, 0.3) is 0 Å². The van der Waals surface area contributed by atoms with Crippen molar-refractivity contribution in [2.75, 3.05) is 13.1 Å². The van der Waals surface area contributed by atoms with Gasteiger partial charge >= 0.3 is 0 Å². The lowest BCUT2D eigenvalue weighted by Gasteiger charge is -2.43. The molecule has 0 aliphatic carbocycles. The topological polar surface area (TPSA) is 53.4 Å². The van der Waals surface area contributed by atoms with E-state index in [0.29, 0.717) is 18.1 Å². The number of thiazole rings is 1. The van der Waals surface area contributed by atoms with Crippen molar-refractivity contribution >= 4 is 17.2 Å². The smallest absolute Gasteiger partial charge is 0.283 e. The van der Waals surface area contributed by atoms with Crippen LogP contribution >= 0.6 is 11.3 Å². The number of aliphatic hydroxyl groups is 1. The highest BCUT2D eigenvalue weighted by molar-refractivity contribution is 7.11. The van der Waals surface area contributed by atoms with Crippen molar-refractivity contribution in [3.05, 3.63) is 16.6 Å². The lowest BCUT2D eigenvalue weighted by Crippen LogP contribution is -2.61. The fourth-order valence-corrected chi connectivity index (χ4v) is 1.99. The molecule has 2 rings (SSSR count). The second kappa shape index (κ2) is 2.78. The fourth-order valence-electron chi connectivity index (χ4n) is 1.38. The van der Waals surface area contributed by atoms with Gasteiger partial charge < -0.3 is 10.0 Å². The summed E-state index contributed by atoms with van der Waals surface area (Å²) in [7, 11) is 0. The Morgan fingerprint density at radius 2 is 2.46 bits per heavy atom. The van der Waals surface area contributed by atoms with Crippen LogP contribution in [-0.2, 0) is 0 Å². The van der Waals surface area contributed by atoms with Crippen LogP contribution in [0.3, 0.4) is 0 Å². The maximum absolute atomic E-state index is 11.5. The molecule has 0 atom stereocenters. The van der Waals surface area contributed by atoms with Gasteiger partial charge in [0, 0.05) is 11.6 Å². The molecular formula is C8H10N2O2S. The lowest BCUT2D eigenvalue weighted by atomic mass is 9.97. The van der Waals surface area contributed by atoms with Gasteiger partial charge in [0.25, 0.3) is 5.91 Å². The first-order valence-corrected chi connectivity index (χ1v) is 4.88. The molecule has 0 spiro atoms. The Hall–Kier alpha value is -0.940. The zero-order valence-electron chi connectivity index (χ0n) is 7.23. The fraction of sp³-hybridized carbons (Fsp3) is 0.500. The zero-order valence-corrected chi connectivity index (χ0v) is 8.04. The summed E-state index contributed by atoms with van der Waals surface area (Å²) in [4.78, 5) is 17.0. The monoisotopic (exact) mass is 198 g/mol. The number of rotatable bonds is 1. The maximum atomic E-state index is 11.5. The van der Waals surface area contributed by atoms with Crippen molar-refractivity contribution in [3.8, 4) is 0 Å². The van der Waals surface area contributed by atoms with Gasteiger partial charge in [-0.2, -0.15) is 0 Å². The third-order valence-electron chi connectivity index (χ3n) is 1.97. The van der Waals surface area contributed by atoms with E-state index >= 15 is 0 Å². The van der Waals surface area contributed by atoms with E-state index in [1.54, 1.807) is 23.4 Å². The van der Waals surface area contributed by atoms with E-state index < -0.39 is 5.60 Å². The van der Waals surface area contributed by atoms with Crippen LogP contribution < -0.4 is 0 Å². The van der Waals surface area contributed by atoms with Gasteiger partial charge in [0.05, 0.1) is 18.7 Å². The van der Waals surface area contributed by atoms with E-state index in [0.717, 1.165) is 0 Å². The number of nitrogens with zero attached hydrogens (tertiary/aromatic N) is 2. The molecular weight excluding hydrogens is 188 g/mol. The molecule has 1 aromatic heterocycles. The van der Waals surface area contributed by atoms with E-state index in [-0.39, 0.29) is 5.91 Å². The summed E-state index contributed by atoms with van der Waals surface area (Å²) in [5, 5.41) is 11.7. The van der Waals surface area contributed by atoms with Crippen LogP contribution in [0.2, 0.25) is 0 Å². The molecule has 0 aromatic carbocycles. The Bertz CT molecular complexity index is 313. The average Bonchev–Trinajstić information content (AvgIpc) is 2.50. The van der Waals surface area contributed by atoms with Gasteiger partial charge in [-0.15, -0.1) is 11.3 Å². The van der Waals surface area contributed by atoms with E-state index in [4.69, 9.17) is 0 Å². The molecule has 4 nitrogen and oxygen atoms in total. The van der Waals surface area contributed by atoms with Gasteiger partial charge in [-0.1, -0.05) is 0 Å². The summed E-state index contributed by atoms with van der Waals surface area (Å²) in [6.07, 6.45) is 1.61. The number of hydrogen-bond donors (Lipinski definition) is 1. The molecule has 0 saturated carbocycles. The first kappa shape index (κ1) is 8.65. The van der Waals surface area contributed by atoms with Crippen molar-refractivity contribution in [3.63, 3.8) is 0 Å². The summed E-state index contributed by atoms with van der Waals surface area (Å²) >= 11 is 1.32. The molecule has 0 bridgehead atoms. The predicted molar refractivity (Wildman–Crippen MR) is 48.6 cm³/mol.